The van der Waals surface area contributed by atoms with Crippen LogP contribution in [0.15, 0.2) is 66.7 Å². The third-order valence-corrected chi connectivity index (χ3v) is 5.60. The van der Waals surface area contributed by atoms with Crippen LogP contribution >= 0.6 is 11.6 Å². The van der Waals surface area contributed by atoms with Crippen LogP contribution in [-0.2, 0) is 20.9 Å². The predicted molar refractivity (Wildman–Crippen MR) is 136 cm³/mol. The molecule has 34 heavy (non-hydrogen) atoms. The standard InChI is InChI=1S/C28H28ClNO4/c1-18-15-19(2)27(20(3)16-18)30-28(32)21(4)34-26(31)14-11-22-9-12-24(13-10-22)33-17-23-7-5-6-8-25(23)29/h5-16,21H,17H2,1-4H3,(H,30,32). The van der Waals surface area contributed by atoms with Crippen LogP contribution in [0.25, 0.3) is 6.08 Å². The lowest BCUT2D eigenvalue weighted by atomic mass is 10.0. The Morgan fingerprint density at radius 3 is 2.29 bits per heavy atom. The lowest BCUT2D eigenvalue weighted by Gasteiger charge is -2.16. The topological polar surface area (TPSA) is 64.6 Å². The molecule has 0 radical (unpaired) electrons. The van der Waals surface area contributed by atoms with E-state index >= 15 is 0 Å². The van der Waals surface area contributed by atoms with Crippen molar-refractivity contribution in [2.75, 3.05) is 5.32 Å². The van der Waals surface area contributed by atoms with E-state index in [4.69, 9.17) is 21.1 Å². The molecule has 0 fully saturated rings. The van der Waals surface area contributed by atoms with Gasteiger partial charge >= 0.3 is 5.97 Å². The van der Waals surface area contributed by atoms with Gasteiger partial charge in [0.25, 0.3) is 5.91 Å². The summed E-state index contributed by atoms with van der Waals surface area (Å²) in [6.45, 7) is 7.78. The van der Waals surface area contributed by atoms with Crippen molar-refractivity contribution >= 4 is 35.2 Å². The van der Waals surface area contributed by atoms with Crippen molar-refractivity contribution in [1.29, 1.82) is 0 Å². The number of nitrogens with one attached hydrogen (secondary N) is 1. The first-order valence-electron chi connectivity index (χ1n) is 11.0. The number of hydrogen-bond donors (Lipinski definition) is 1. The average Bonchev–Trinajstić information content (AvgIpc) is 2.80. The van der Waals surface area contributed by atoms with Crippen molar-refractivity contribution in [2.24, 2.45) is 0 Å². The minimum Gasteiger partial charge on any atom is -0.489 e. The van der Waals surface area contributed by atoms with Gasteiger partial charge < -0.3 is 14.8 Å². The highest BCUT2D eigenvalue weighted by molar-refractivity contribution is 6.31. The van der Waals surface area contributed by atoms with Crippen LogP contribution in [-0.4, -0.2) is 18.0 Å². The Morgan fingerprint density at radius 2 is 1.65 bits per heavy atom. The van der Waals surface area contributed by atoms with Gasteiger partial charge in [-0.1, -0.05) is 59.6 Å². The van der Waals surface area contributed by atoms with E-state index < -0.39 is 12.1 Å². The first-order valence-corrected chi connectivity index (χ1v) is 11.3. The molecular weight excluding hydrogens is 450 g/mol. The first-order chi connectivity index (χ1) is 16.2. The Balaban J connectivity index is 1.51. The van der Waals surface area contributed by atoms with Gasteiger partial charge in [0.15, 0.2) is 6.10 Å². The minimum atomic E-state index is -0.933. The summed E-state index contributed by atoms with van der Waals surface area (Å²) in [7, 11) is 0. The maximum Gasteiger partial charge on any atom is 0.331 e. The second kappa shape index (κ2) is 11.5. The van der Waals surface area contributed by atoms with Gasteiger partial charge in [-0.15, -0.1) is 0 Å². The van der Waals surface area contributed by atoms with Crippen LogP contribution in [0.4, 0.5) is 5.69 Å². The third-order valence-electron chi connectivity index (χ3n) is 5.23. The Morgan fingerprint density at radius 1 is 1.00 bits per heavy atom. The Bertz CT molecular complexity index is 1180. The Hall–Kier alpha value is -3.57. The number of hydrogen-bond acceptors (Lipinski definition) is 4. The molecule has 3 aromatic carbocycles. The molecule has 1 atom stereocenters. The SMILES string of the molecule is Cc1cc(C)c(NC(=O)C(C)OC(=O)C=Cc2ccc(OCc3ccccc3Cl)cc2)c(C)c1. The monoisotopic (exact) mass is 477 g/mol. The first kappa shape index (κ1) is 25.1. The zero-order valence-electron chi connectivity index (χ0n) is 19.7. The lowest BCUT2D eigenvalue weighted by Crippen LogP contribution is -2.30. The fourth-order valence-electron chi connectivity index (χ4n) is 3.49. The molecule has 0 spiro atoms. The van der Waals surface area contributed by atoms with Crippen molar-refractivity contribution in [1.82, 2.24) is 0 Å². The second-order valence-corrected chi connectivity index (χ2v) is 8.53. The summed E-state index contributed by atoms with van der Waals surface area (Å²) in [5.41, 5.74) is 5.49. The molecule has 0 aliphatic rings. The molecular formula is C28H28ClNO4. The molecule has 0 saturated heterocycles. The van der Waals surface area contributed by atoms with Gasteiger partial charge in [0.1, 0.15) is 12.4 Å². The summed E-state index contributed by atoms with van der Waals surface area (Å²) in [6, 6.07) is 18.8. The number of carbonyl (C=O) groups excluding carboxylic acids is 2. The quantitative estimate of drug-likeness (QED) is 0.300. The average molecular weight is 478 g/mol. The summed E-state index contributed by atoms with van der Waals surface area (Å²) < 4.78 is 11.0. The van der Waals surface area contributed by atoms with E-state index in [1.54, 1.807) is 13.0 Å². The maximum atomic E-state index is 12.5. The third kappa shape index (κ3) is 6.96. The van der Waals surface area contributed by atoms with Crippen LogP contribution in [0.5, 0.6) is 5.75 Å². The number of carbonyl (C=O) groups is 2. The largest absolute Gasteiger partial charge is 0.489 e. The molecule has 176 valence electrons. The predicted octanol–water partition coefficient (Wildman–Crippen LogP) is 6.43. The molecule has 6 heteroatoms. The second-order valence-electron chi connectivity index (χ2n) is 8.12. The smallest absolute Gasteiger partial charge is 0.331 e. The van der Waals surface area contributed by atoms with E-state index in [2.05, 4.69) is 5.32 Å². The van der Waals surface area contributed by atoms with Gasteiger partial charge in [-0.2, -0.15) is 0 Å². The van der Waals surface area contributed by atoms with Crippen molar-refractivity contribution in [3.05, 3.63) is 99.6 Å². The number of rotatable bonds is 8. The van der Waals surface area contributed by atoms with Crippen LogP contribution in [0.3, 0.4) is 0 Å². The number of anilines is 1. The molecule has 1 unspecified atom stereocenters. The van der Waals surface area contributed by atoms with Gasteiger partial charge in [-0.05, 0) is 68.7 Å². The van der Waals surface area contributed by atoms with Gasteiger partial charge in [0.05, 0.1) is 0 Å². The number of esters is 1. The van der Waals surface area contributed by atoms with Crippen molar-refractivity contribution in [3.8, 4) is 5.75 Å². The normalized spacial score (nSPS) is 11.8. The molecule has 3 rings (SSSR count). The molecule has 0 aromatic heterocycles. The van der Waals surface area contributed by atoms with Gasteiger partial charge in [0, 0.05) is 22.3 Å². The van der Waals surface area contributed by atoms with Crippen LogP contribution in [0.2, 0.25) is 5.02 Å². The molecule has 0 saturated carbocycles. The highest BCUT2D eigenvalue weighted by Gasteiger charge is 2.18. The molecule has 3 aromatic rings. The summed E-state index contributed by atoms with van der Waals surface area (Å²) in [4.78, 5) is 24.7. The van der Waals surface area contributed by atoms with E-state index in [0.717, 1.165) is 33.5 Å². The maximum absolute atomic E-state index is 12.5. The summed E-state index contributed by atoms with van der Waals surface area (Å²) >= 11 is 6.14. The fourth-order valence-corrected chi connectivity index (χ4v) is 3.68. The Kier molecular flexibility index (Phi) is 8.50. The van der Waals surface area contributed by atoms with E-state index in [-0.39, 0.29) is 5.91 Å². The highest BCUT2D eigenvalue weighted by atomic mass is 35.5. The highest BCUT2D eigenvalue weighted by Crippen LogP contribution is 2.22. The summed E-state index contributed by atoms with van der Waals surface area (Å²) in [6.07, 6.45) is 1.99. The van der Waals surface area contributed by atoms with E-state index in [0.29, 0.717) is 17.4 Å². The van der Waals surface area contributed by atoms with Gasteiger partial charge in [0.2, 0.25) is 0 Å². The Labute approximate surface area is 205 Å². The molecule has 0 aliphatic carbocycles. The van der Waals surface area contributed by atoms with Crippen molar-refractivity contribution in [2.45, 2.75) is 40.4 Å². The van der Waals surface area contributed by atoms with E-state index in [1.807, 2.05) is 81.4 Å². The zero-order chi connectivity index (χ0) is 24.7. The lowest BCUT2D eigenvalue weighted by molar-refractivity contribution is -0.148. The van der Waals surface area contributed by atoms with Crippen molar-refractivity contribution < 1.29 is 19.1 Å². The van der Waals surface area contributed by atoms with Crippen LogP contribution in [0, 0.1) is 20.8 Å². The number of ether oxygens (including phenoxy) is 2. The van der Waals surface area contributed by atoms with Crippen molar-refractivity contribution in [3.63, 3.8) is 0 Å². The zero-order valence-corrected chi connectivity index (χ0v) is 20.5. The van der Waals surface area contributed by atoms with E-state index in [9.17, 15) is 9.59 Å². The van der Waals surface area contributed by atoms with Gasteiger partial charge in [-0.3, -0.25) is 4.79 Å². The number of aryl methyl sites for hydroxylation is 3. The summed E-state index contributed by atoms with van der Waals surface area (Å²) in [5.74, 6) is -0.289. The molecule has 0 aliphatic heterocycles. The number of amides is 1. The molecule has 0 heterocycles. The summed E-state index contributed by atoms with van der Waals surface area (Å²) in [5, 5.41) is 3.52. The molecule has 5 nitrogen and oxygen atoms in total. The number of benzene rings is 3. The minimum absolute atomic E-state index is 0.364. The molecule has 1 amide bonds. The molecule has 1 N–H and O–H groups in total. The van der Waals surface area contributed by atoms with Gasteiger partial charge in [-0.25, -0.2) is 4.79 Å². The van der Waals surface area contributed by atoms with Crippen LogP contribution < -0.4 is 10.1 Å². The van der Waals surface area contributed by atoms with E-state index in [1.165, 1.54) is 6.08 Å². The fraction of sp³-hybridized carbons (Fsp3) is 0.214. The molecule has 0 bridgehead atoms. The number of halogens is 1. The van der Waals surface area contributed by atoms with Crippen LogP contribution in [0.1, 0.15) is 34.7 Å².